The van der Waals surface area contributed by atoms with Crippen molar-refractivity contribution in [2.24, 2.45) is 5.92 Å². The molecule has 0 radical (unpaired) electrons. The Morgan fingerprint density at radius 2 is 1.14 bits per heavy atom. The van der Waals surface area contributed by atoms with E-state index in [-0.39, 0.29) is 35.8 Å². The fourth-order valence-electron chi connectivity index (χ4n) is 5.88. The Kier molecular flexibility index (Phi) is 13.4. The van der Waals surface area contributed by atoms with E-state index < -0.39 is 99.4 Å². The van der Waals surface area contributed by atoms with Crippen LogP contribution in [0, 0.1) is 5.92 Å². The van der Waals surface area contributed by atoms with Crippen LogP contribution in [0.15, 0.2) is 36.4 Å². The van der Waals surface area contributed by atoms with Crippen LogP contribution < -0.4 is 9.47 Å². The molecule has 0 aromatic heterocycles. The number of aromatic hydroxyl groups is 2. The summed E-state index contributed by atoms with van der Waals surface area (Å²) in [5, 5.41) is 114. The van der Waals surface area contributed by atoms with Gasteiger partial charge in [0, 0.05) is 12.3 Å². The number of rotatable bonds is 15. The topological polar surface area (TPSA) is 278 Å². The van der Waals surface area contributed by atoms with Crippen molar-refractivity contribution >= 4 is 0 Å². The van der Waals surface area contributed by atoms with Gasteiger partial charge in [0.25, 0.3) is 0 Å². The fourth-order valence-corrected chi connectivity index (χ4v) is 5.88. The second-order valence-corrected chi connectivity index (χ2v) is 12.2. The summed E-state index contributed by atoms with van der Waals surface area (Å²) in [7, 11) is 2.68. The minimum atomic E-state index is -2.01. The highest BCUT2D eigenvalue weighted by Crippen LogP contribution is 2.35. The lowest BCUT2D eigenvalue weighted by Crippen LogP contribution is -2.60. The molecule has 2 aromatic carbocycles. The molecule has 276 valence electrons. The van der Waals surface area contributed by atoms with Crippen LogP contribution in [-0.4, -0.2) is 164 Å². The van der Waals surface area contributed by atoms with Gasteiger partial charge in [0.15, 0.2) is 35.6 Å². The van der Waals surface area contributed by atoms with Gasteiger partial charge in [-0.1, -0.05) is 12.1 Å². The van der Waals surface area contributed by atoms with Gasteiger partial charge in [-0.25, -0.2) is 0 Å². The van der Waals surface area contributed by atoms with Crippen LogP contribution in [0.25, 0.3) is 0 Å². The Morgan fingerprint density at radius 3 is 1.63 bits per heavy atom. The van der Waals surface area contributed by atoms with Crippen molar-refractivity contribution in [3.05, 3.63) is 47.5 Å². The highest BCUT2D eigenvalue weighted by atomic mass is 16.7. The van der Waals surface area contributed by atoms with Crippen LogP contribution in [0.3, 0.4) is 0 Å². The molecule has 2 fully saturated rings. The monoisotopic (exact) mass is 702 g/mol. The Labute approximate surface area is 281 Å². The summed E-state index contributed by atoms with van der Waals surface area (Å²) in [5.74, 6) is -1.16. The lowest BCUT2D eigenvalue weighted by atomic mass is 9.79. The molecule has 17 nitrogen and oxygen atoms in total. The smallest absolute Gasteiger partial charge is 0.186 e. The fraction of sp³-hybridized carbons (Fsp3) is 0.625. The van der Waals surface area contributed by atoms with Crippen molar-refractivity contribution in [1.82, 2.24) is 0 Å². The van der Waals surface area contributed by atoms with E-state index >= 15 is 0 Å². The average Bonchev–Trinajstić information content (AvgIpc) is 3.09. The molecule has 0 saturated carbocycles. The molecular weight excluding hydrogens is 656 g/mol. The van der Waals surface area contributed by atoms with Crippen LogP contribution in [0.5, 0.6) is 23.0 Å². The Morgan fingerprint density at radius 1 is 0.673 bits per heavy atom. The number of aliphatic hydroxyl groups excluding tert-OH is 8. The van der Waals surface area contributed by atoms with Gasteiger partial charge >= 0.3 is 0 Å². The number of aliphatic hydroxyl groups is 9. The van der Waals surface area contributed by atoms with Crippen LogP contribution in [0.2, 0.25) is 0 Å². The predicted octanol–water partition coefficient (Wildman–Crippen LogP) is -3.12. The molecule has 2 heterocycles. The molecule has 4 rings (SSSR count). The summed E-state index contributed by atoms with van der Waals surface area (Å²) in [6.45, 7) is -2.51. The number of phenols is 2. The molecule has 0 bridgehead atoms. The molecule has 2 aliphatic rings. The SMILES string of the molecule is COc1cc(C[C@H](CO[C@@H]2O[C@H](CO)[C@@H](O)[C@H](O)[C@H]2O)[C@](O)(CO[C@@H]2O[C@H](CO)[C@@H](O)[C@H](O)[C@H]2O)Cc2ccc(O)c(OC)c2)ccc1O. The molecule has 2 aliphatic heterocycles. The summed E-state index contributed by atoms with van der Waals surface area (Å²) in [6, 6.07) is 8.76. The largest absolute Gasteiger partial charge is 0.504 e. The first-order valence-corrected chi connectivity index (χ1v) is 15.5. The number of methoxy groups -OCH3 is 2. The third-order valence-electron chi connectivity index (χ3n) is 8.90. The normalized spacial score (nSPS) is 32.3. The predicted molar refractivity (Wildman–Crippen MR) is 165 cm³/mol. The van der Waals surface area contributed by atoms with E-state index in [4.69, 9.17) is 28.4 Å². The van der Waals surface area contributed by atoms with Crippen LogP contribution in [0.1, 0.15) is 11.1 Å². The lowest BCUT2D eigenvalue weighted by molar-refractivity contribution is -0.316. The van der Waals surface area contributed by atoms with Crippen molar-refractivity contribution < 1.29 is 84.6 Å². The summed E-state index contributed by atoms with van der Waals surface area (Å²) >= 11 is 0. The quantitative estimate of drug-likeness (QED) is 0.0876. The van der Waals surface area contributed by atoms with Gasteiger partial charge in [-0.15, -0.1) is 0 Å². The molecule has 11 N–H and O–H groups in total. The van der Waals surface area contributed by atoms with Gasteiger partial charge in [-0.2, -0.15) is 0 Å². The molecule has 0 amide bonds. The van der Waals surface area contributed by atoms with Gasteiger partial charge in [0.1, 0.15) is 48.8 Å². The van der Waals surface area contributed by atoms with Crippen LogP contribution >= 0.6 is 0 Å². The zero-order valence-electron chi connectivity index (χ0n) is 26.9. The molecule has 12 atom stereocenters. The second-order valence-electron chi connectivity index (χ2n) is 12.2. The third kappa shape index (κ3) is 8.89. The van der Waals surface area contributed by atoms with Crippen LogP contribution in [0.4, 0.5) is 0 Å². The lowest BCUT2D eigenvalue weighted by Gasteiger charge is -2.43. The van der Waals surface area contributed by atoms with Crippen LogP contribution in [-0.2, 0) is 31.8 Å². The standard InChI is InChI=1S/C32H46O17/c1-44-20-8-15(3-5-18(20)35)7-17(13-46-30-28(41)26(39)24(37)22(11-33)48-30)32(43,10-16-4-6-19(36)21(9-16)45-2)14-47-31-29(42)27(40)25(38)23(12-34)49-31/h3-6,8-9,17,22-31,33-43H,7,10-14H2,1-2H3/t17-,22-,23-,24-,25-,26+,27+,28-,29-,30-,31-,32-/m1/s1. The van der Waals surface area contributed by atoms with E-state index in [9.17, 15) is 56.2 Å². The number of ether oxygens (including phenoxy) is 6. The summed E-state index contributed by atoms with van der Waals surface area (Å²) in [4.78, 5) is 0. The first kappa shape index (κ1) is 38.9. The molecule has 2 saturated heterocycles. The van der Waals surface area contributed by atoms with E-state index in [1.54, 1.807) is 6.07 Å². The molecule has 2 aromatic rings. The summed E-state index contributed by atoms with van der Waals surface area (Å²) in [6.07, 6.45) is -16.4. The van der Waals surface area contributed by atoms with E-state index in [1.165, 1.54) is 44.6 Å². The van der Waals surface area contributed by atoms with Gasteiger partial charge < -0.3 is 84.6 Å². The first-order valence-electron chi connectivity index (χ1n) is 15.5. The molecule has 0 aliphatic carbocycles. The highest BCUT2D eigenvalue weighted by molar-refractivity contribution is 5.43. The van der Waals surface area contributed by atoms with E-state index in [0.29, 0.717) is 11.1 Å². The summed E-state index contributed by atoms with van der Waals surface area (Å²) < 4.78 is 33.2. The minimum Gasteiger partial charge on any atom is -0.504 e. The Hall–Kier alpha value is -2.88. The molecule has 0 spiro atoms. The summed E-state index contributed by atoms with van der Waals surface area (Å²) in [5.41, 5.74) is -1.07. The van der Waals surface area contributed by atoms with E-state index in [0.717, 1.165) is 0 Å². The first-order chi connectivity index (χ1) is 23.3. The van der Waals surface area contributed by atoms with Gasteiger partial charge in [0.05, 0.1) is 46.2 Å². The second kappa shape index (κ2) is 16.9. The van der Waals surface area contributed by atoms with Crippen molar-refractivity contribution in [3.8, 4) is 23.0 Å². The maximum Gasteiger partial charge on any atom is 0.186 e. The maximum absolute atomic E-state index is 12.5. The van der Waals surface area contributed by atoms with Crippen molar-refractivity contribution in [2.45, 2.75) is 79.9 Å². The number of hydrogen-bond donors (Lipinski definition) is 11. The molecular formula is C32H46O17. The Balaban J connectivity index is 1.71. The molecule has 0 unspecified atom stereocenters. The number of benzene rings is 2. The average molecular weight is 703 g/mol. The van der Waals surface area contributed by atoms with Crippen molar-refractivity contribution in [1.29, 1.82) is 0 Å². The maximum atomic E-state index is 12.5. The molecule has 49 heavy (non-hydrogen) atoms. The van der Waals surface area contributed by atoms with E-state index in [2.05, 4.69) is 0 Å². The zero-order chi connectivity index (χ0) is 36.0. The van der Waals surface area contributed by atoms with Gasteiger partial charge in [0.2, 0.25) is 0 Å². The highest BCUT2D eigenvalue weighted by Gasteiger charge is 2.48. The van der Waals surface area contributed by atoms with Gasteiger partial charge in [-0.05, 0) is 41.8 Å². The minimum absolute atomic E-state index is 0.0299. The molecule has 17 heteroatoms. The van der Waals surface area contributed by atoms with Gasteiger partial charge in [-0.3, -0.25) is 0 Å². The third-order valence-corrected chi connectivity index (χ3v) is 8.90. The van der Waals surface area contributed by atoms with E-state index in [1.807, 2.05) is 0 Å². The zero-order valence-corrected chi connectivity index (χ0v) is 26.9. The Bertz CT molecular complexity index is 1340. The number of hydrogen-bond acceptors (Lipinski definition) is 17. The van der Waals surface area contributed by atoms with Crippen molar-refractivity contribution in [3.63, 3.8) is 0 Å². The van der Waals surface area contributed by atoms with Crippen molar-refractivity contribution in [2.75, 3.05) is 40.6 Å². The number of phenolic OH excluding ortho intramolecular Hbond substituents is 2.